The summed E-state index contributed by atoms with van der Waals surface area (Å²) in [5.41, 5.74) is 2.97. The molecule has 0 N–H and O–H groups in total. The molecule has 2 heterocycles. The molecule has 198 valence electrons. The Morgan fingerprint density at radius 2 is 1.82 bits per heavy atom. The number of carbonyl (C=O) groups is 1. The Morgan fingerprint density at radius 1 is 1.05 bits per heavy atom. The quantitative estimate of drug-likeness (QED) is 0.264. The topological polar surface area (TPSA) is 69.9 Å². The number of para-hydroxylation sites is 1. The molecular formula is C30H24Cl2N2O4S. The normalized spacial score (nSPS) is 15.1. The first-order chi connectivity index (χ1) is 18.9. The summed E-state index contributed by atoms with van der Waals surface area (Å²) in [7, 11) is 0. The van der Waals surface area contributed by atoms with E-state index < -0.39 is 12.0 Å². The number of rotatable bonds is 7. The third-order valence-corrected chi connectivity index (χ3v) is 7.66. The molecule has 4 aromatic rings. The van der Waals surface area contributed by atoms with Gasteiger partial charge < -0.3 is 9.47 Å². The van der Waals surface area contributed by atoms with E-state index in [-0.39, 0.29) is 12.2 Å². The number of allylic oxidation sites excluding steroid dienone is 1. The molecular weight excluding hydrogens is 555 g/mol. The van der Waals surface area contributed by atoms with Crippen molar-refractivity contribution in [2.45, 2.75) is 26.5 Å². The lowest BCUT2D eigenvalue weighted by Gasteiger charge is -2.24. The van der Waals surface area contributed by atoms with Gasteiger partial charge in [0.05, 0.1) is 28.5 Å². The molecule has 0 unspecified atom stereocenters. The Morgan fingerprint density at radius 3 is 2.56 bits per heavy atom. The van der Waals surface area contributed by atoms with Gasteiger partial charge in [0, 0.05) is 15.6 Å². The second kappa shape index (κ2) is 11.6. The maximum absolute atomic E-state index is 13.9. The largest absolute Gasteiger partial charge is 0.488 e. The van der Waals surface area contributed by atoms with E-state index >= 15 is 0 Å². The Labute approximate surface area is 239 Å². The van der Waals surface area contributed by atoms with E-state index in [0.29, 0.717) is 43.0 Å². The highest BCUT2D eigenvalue weighted by Gasteiger charge is 2.33. The Hall–Kier alpha value is -3.65. The Bertz CT molecular complexity index is 1760. The summed E-state index contributed by atoms with van der Waals surface area (Å²) in [4.78, 5) is 32.0. The highest BCUT2D eigenvalue weighted by atomic mass is 35.5. The molecule has 3 aromatic carbocycles. The molecule has 39 heavy (non-hydrogen) atoms. The van der Waals surface area contributed by atoms with Gasteiger partial charge in [0.1, 0.15) is 12.4 Å². The number of benzene rings is 3. The number of nitrogens with zero attached hydrogens (tertiary/aromatic N) is 2. The van der Waals surface area contributed by atoms with Crippen LogP contribution in [0.2, 0.25) is 10.0 Å². The Kier molecular flexibility index (Phi) is 8.02. The minimum atomic E-state index is -0.700. The number of aromatic nitrogens is 1. The second-order valence-electron chi connectivity index (χ2n) is 8.81. The van der Waals surface area contributed by atoms with Gasteiger partial charge in [-0.05, 0) is 61.4 Å². The maximum Gasteiger partial charge on any atom is 0.338 e. The van der Waals surface area contributed by atoms with Crippen molar-refractivity contribution in [3.8, 4) is 5.75 Å². The number of esters is 1. The molecule has 1 aromatic heterocycles. The fourth-order valence-electron chi connectivity index (χ4n) is 4.41. The molecule has 0 saturated carbocycles. The van der Waals surface area contributed by atoms with Gasteiger partial charge in [-0.3, -0.25) is 9.36 Å². The van der Waals surface area contributed by atoms with Crippen molar-refractivity contribution in [1.82, 2.24) is 4.57 Å². The summed E-state index contributed by atoms with van der Waals surface area (Å²) < 4.78 is 13.4. The van der Waals surface area contributed by atoms with E-state index in [0.717, 1.165) is 16.7 Å². The molecule has 0 spiro atoms. The minimum Gasteiger partial charge on any atom is -0.488 e. The molecule has 0 amide bonds. The number of fused-ring (bicyclic) bond motifs is 1. The molecule has 1 atom stereocenters. The minimum absolute atomic E-state index is 0.208. The van der Waals surface area contributed by atoms with Gasteiger partial charge in [0.25, 0.3) is 5.56 Å². The van der Waals surface area contributed by atoms with Crippen molar-refractivity contribution in [2.75, 3.05) is 6.61 Å². The van der Waals surface area contributed by atoms with Crippen LogP contribution in [-0.4, -0.2) is 17.1 Å². The predicted molar refractivity (Wildman–Crippen MR) is 154 cm³/mol. The number of ether oxygens (including phenoxy) is 2. The summed E-state index contributed by atoms with van der Waals surface area (Å²) in [5, 5.41) is 1.19. The van der Waals surface area contributed by atoms with E-state index in [4.69, 9.17) is 32.7 Å². The van der Waals surface area contributed by atoms with Crippen molar-refractivity contribution >= 4 is 46.6 Å². The number of thiazole rings is 1. The summed E-state index contributed by atoms with van der Waals surface area (Å²) in [6.45, 7) is 4.03. The van der Waals surface area contributed by atoms with Gasteiger partial charge in [0.2, 0.25) is 0 Å². The van der Waals surface area contributed by atoms with Gasteiger partial charge in [-0.2, -0.15) is 0 Å². The molecule has 0 bridgehead atoms. The van der Waals surface area contributed by atoms with Gasteiger partial charge in [-0.1, -0.05) is 77.0 Å². The summed E-state index contributed by atoms with van der Waals surface area (Å²) in [6, 6.07) is 21.4. The number of halogens is 2. The van der Waals surface area contributed by atoms with Crippen LogP contribution in [0.3, 0.4) is 0 Å². The van der Waals surface area contributed by atoms with Crippen LogP contribution >= 0.6 is 34.5 Å². The zero-order chi connectivity index (χ0) is 27.5. The lowest BCUT2D eigenvalue weighted by atomic mass is 9.96. The standard InChI is InChI=1S/C30H24Cl2N2O4S/c1-3-37-29(36)26-18(2)33-30-34(27(26)20-11-13-22(31)14-12-20)28(35)25(39-30)16-21-8-4-5-10-24(21)38-17-19-7-6-9-23(32)15-19/h4-16,27H,3,17H2,1-2H3/b25-16-/t27-/m1/s1. The highest BCUT2D eigenvalue weighted by Crippen LogP contribution is 2.31. The molecule has 0 fully saturated rings. The molecule has 0 saturated heterocycles. The average Bonchev–Trinajstić information content (AvgIpc) is 3.22. The van der Waals surface area contributed by atoms with Gasteiger partial charge in [-0.15, -0.1) is 0 Å². The van der Waals surface area contributed by atoms with Crippen molar-refractivity contribution in [3.63, 3.8) is 0 Å². The van der Waals surface area contributed by atoms with Crippen LogP contribution in [0.1, 0.15) is 36.6 Å². The fraction of sp³-hybridized carbons (Fsp3) is 0.167. The second-order valence-corrected chi connectivity index (χ2v) is 10.7. The molecule has 0 radical (unpaired) electrons. The molecule has 5 rings (SSSR count). The third kappa shape index (κ3) is 5.71. The smallest absolute Gasteiger partial charge is 0.338 e. The van der Waals surface area contributed by atoms with E-state index in [9.17, 15) is 9.59 Å². The van der Waals surface area contributed by atoms with Crippen molar-refractivity contribution in [3.05, 3.63) is 130 Å². The molecule has 1 aliphatic rings. The van der Waals surface area contributed by atoms with Crippen LogP contribution in [0.15, 0.2) is 93.9 Å². The maximum atomic E-state index is 13.9. The first kappa shape index (κ1) is 26.9. The summed E-state index contributed by atoms with van der Waals surface area (Å²) in [6.07, 6.45) is 1.79. The summed E-state index contributed by atoms with van der Waals surface area (Å²) in [5.74, 6) is 0.119. The van der Waals surface area contributed by atoms with Gasteiger partial charge in [-0.25, -0.2) is 9.79 Å². The van der Waals surface area contributed by atoms with Crippen LogP contribution in [0.25, 0.3) is 6.08 Å². The van der Waals surface area contributed by atoms with E-state index in [1.54, 1.807) is 48.8 Å². The Balaban J connectivity index is 1.59. The number of hydrogen-bond donors (Lipinski definition) is 0. The third-order valence-electron chi connectivity index (χ3n) is 6.19. The van der Waals surface area contributed by atoms with Gasteiger partial charge in [0.15, 0.2) is 4.80 Å². The highest BCUT2D eigenvalue weighted by molar-refractivity contribution is 7.07. The SMILES string of the molecule is CCOC(=O)C1=C(C)N=c2s/c(=C\c3ccccc3OCc3cccc(Cl)c3)c(=O)n2[C@@H]1c1ccc(Cl)cc1. The first-order valence-corrected chi connectivity index (χ1v) is 13.8. The lowest BCUT2D eigenvalue weighted by molar-refractivity contribution is -0.139. The molecule has 0 aliphatic carbocycles. The van der Waals surface area contributed by atoms with Gasteiger partial charge >= 0.3 is 5.97 Å². The molecule has 9 heteroatoms. The molecule has 1 aliphatic heterocycles. The molecule has 6 nitrogen and oxygen atoms in total. The van der Waals surface area contributed by atoms with Crippen LogP contribution in [0, 0.1) is 0 Å². The van der Waals surface area contributed by atoms with Crippen LogP contribution in [0.4, 0.5) is 0 Å². The van der Waals surface area contributed by atoms with Crippen LogP contribution in [-0.2, 0) is 16.1 Å². The van der Waals surface area contributed by atoms with E-state index in [2.05, 4.69) is 4.99 Å². The predicted octanol–water partition coefficient (Wildman–Crippen LogP) is 5.68. The lowest BCUT2D eigenvalue weighted by Crippen LogP contribution is -2.39. The van der Waals surface area contributed by atoms with Crippen molar-refractivity contribution < 1.29 is 14.3 Å². The van der Waals surface area contributed by atoms with E-state index in [1.807, 2.05) is 48.5 Å². The van der Waals surface area contributed by atoms with Crippen molar-refractivity contribution in [1.29, 1.82) is 0 Å². The fourth-order valence-corrected chi connectivity index (χ4v) is 5.79. The van der Waals surface area contributed by atoms with Crippen molar-refractivity contribution in [2.24, 2.45) is 4.99 Å². The van der Waals surface area contributed by atoms with Crippen LogP contribution in [0.5, 0.6) is 5.75 Å². The van der Waals surface area contributed by atoms with Crippen LogP contribution < -0.4 is 19.6 Å². The first-order valence-electron chi connectivity index (χ1n) is 12.3. The monoisotopic (exact) mass is 578 g/mol. The van der Waals surface area contributed by atoms with E-state index in [1.165, 1.54) is 11.3 Å². The number of carbonyl (C=O) groups excluding carboxylic acids is 1. The zero-order valence-electron chi connectivity index (χ0n) is 21.2. The average molecular weight is 580 g/mol. The zero-order valence-corrected chi connectivity index (χ0v) is 23.5. The summed E-state index contributed by atoms with van der Waals surface area (Å²) >= 11 is 13.5. The number of hydrogen-bond acceptors (Lipinski definition) is 6.